The highest BCUT2D eigenvalue weighted by Crippen LogP contribution is 2.55. The summed E-state index contributed by atoms with van der Waals surface area (Å²) in [4.78, 5) is 2.21. The molecule has 0 bridgehead atoms. The molecule has 1 saturated carbocycles. The lowest BCUT2D eigenvalue weighted by atomic mass is 9.69. The number of hydrogen-bond acceptors (Lipinski definition) is 2. The average molecular weight is 511 g/mol. The summed E-state index contributed by atoms with van der Waals surface area (Å²) in [5.74, 6) is -0.525. The fourth-order valence-electron chi connectivity index (χ4n) is 5.19. The Balaban J connectivity index is 1.93. The van der Waals surface area contributed by atoms with Crippen LogP contribution in [0.1, 0.15) is 68.2 Å². The van der Waals surface area contributed by atoms with Gasteiger partial charge in [-0.2, -0.15) is 31.6 Å². The molecule has 0 aromatic heterocycles. The minimum atomic E-state index is -5.00. The minimum Gasteiger partial charge on any atom is -0.300 e. The average Bonchev–Trinajstić information content (AvgIpc) is 3.67. The van der Waals surface area contributed by atoms with E-state index in [9.17, 15) is 31.6 Å². The Hall–Kier alpha value is -2.53. The molecule has 196 valence electrons. The molecule has 0 spiro atoms. The van der Waals surface area contributed by atoms with E-state index in [0.29, 0.717) is 31.4 Å². The second kappa shape index (κ2) is 11.2. The lowest BCUT2D eigenvalue weighted by molar-refractivity contribution is -0.145. The summed E-state index contributed by atoms with van der Waals surface area (Å²) in [6.45, 7) is 5.44. The van der Waals surface area contributed by atoms with Crippen molar-refractivity contribution >= 4 is 0 Å². The first-order chi connectivity index (χ1) is 16.9. The first-order valence-corrected chi connectivity index (χ1v) is 12.4. The van der Waals surface area contributed by atoms with Crippen molar-refractivity contribution in [1.82, 2.24) is 4.90 Å². The van der Waals surface area contributed by atoms with Crippen LogP contribution in [0, 0.1) is 17.2 Å². The fraction of sp³-hybridized carbons (Fsp3) is 0.536. The molecule has 2 nitrogen and oxygen atoms in total. The zero-order valence-corrected chi connectivity index (χ0v) is 20.6. The van der Waals surface area contributed by atoms with Crippen LogP contribution in [0.4, 0.5) is 26.3 Å². The Morgan fingerprint density at radius 3 is 1.97 bits per heavy atom. The molecule has 0 radical (unpaired) electrons. The van der Waals surface area contributed by atoms with E-state index >= 15 is 0 Å². The van der Waals surface area contributed by atoms with Crippen LogP contribution in [-0.4, -0.2) is 24.0 Å². The van der Waals surface area contributed by atoms with Gasteiger partial charge in [-0.05, 0) is 81.2 Å². The summed E-state index contributed by atoms with van der Waals surface area (Å²) < 4.78 is 83.8. The maximum Gasteiger partial charge on any atom is 0.416 e. The number of alkyl halides is 6. The lowest BCUT2D eigenvalue weighted by Crippen LogP contribution is -2.39. The largest absolute Gasteiger partial charge is 0.416 e. The zero-order valence-electron chi connectivity index (χ0n) is 20.6. The van der Waals surface area contributed by atoms with Crippen LogP contribution in [0.5, 0.6) is 0 Å². The molecule has 36 heavy (non-hydrogen) atoms. The molecular formula is C28H32F6N2. The van der Waals surface area contributed by atoms with E-state index in [0.717, 1.165) is 37.6 Å². The van der Waals surface area contributed by atoms with Crippen molar-refractivity contribution in [3.8, 4) is 6.07 Å². The first-order valence-electron chi connectivity index (χ1n) is 12.4. The highest BCUT2D eigenvalue weighted by molar-refractivity contribution is 5.49. The topological polar surface area (TPSA) is 27.0 Å². The summed E-state index contributed by atoms with van der Waals surface area (Å²) in [5.41, 5.74) is -4.29. The van der Waals surface area contributed by atoms with Crippen molar-refractivity contribution < 1.29 is 26.3 Å². The summed E-state index contributed by atoms with van der Waals surface area (Å²) in [7, 11) is 0. The normalized spacial score (nSPS) is 17.0. The SMILES string of the molecule is CCCN(CCc1ccccc1)C(C)CCC(C#N)(c1c(C(F)(F)F)cccc1C(F)(F)F)C1CC1. The molecule has 0 amide bonds. The fourth-order valence-corrected chi connectivity index (χ4v) is 5.19. The number of benzene rings is 2. The van der Waals surface area contributed by atoms with Gasteiger partial charge in [-0.15, -0.1) is 0 Å². The molecule has 0 saturated heterocycles. The van der Waals surface area contributed by atoms with Gasteiger partial charge < -0.3 is 4.90 Å². The van der Waals surface area contributed by atoms with Crippen LogP contribution >= 0.6 is 0 Å². The third kappa shape index (κ3) is 6.42. The van der Waals surface area contributed by atoms with Gasteiger partial charge in [-0.1, -0.05) is 43.3 Å². The van der Waals surface area contributed by atoms with Gasteiger partial charge in [0, 0.05) is 12.6 Å². The Morgan fingerprint density at radius 2 is 1.50 bits per heavy atom. The van der Waals surface area contributed by atoms with Crippen molar-refractivity contribution in [2.45, 2.75) is 76.2 Å². The van der Waals surface area contributed by atoms with E-state index < -0.39 is 40.4 Å². The van der Waals surface area contributed by atoms with E-state index in [1.165, 1.54) is 0 Å². The number of hydrogen-bond donors (Lipinski definition) is 0. The van der Waals surface area contributed by atoms with Gasteiger partial charge in [-0.3, -0.25) is 0 Å². The monoisotopic (exact) mass is 510 g/mol. The highest BCUT2D eigenvalue weighted by atomic mass is 19.4. The van der Waals surface area contributed by atoms with Crippen LogP contribution in [0.3, 0.4) is 0 Å². The quantitative estimate of drug-likeness (QED) is 0.286. The maximum absolute atomic E-state index is 14.0. The highest BCUT2D eigenvalue weighted by Gasteiger charge is 2.54. The minimum absolute atomic E-state index is 0.0585. The Morgan fingerprint density at radius 1 is 0.917 bits per heavy atom. The predicted octanol–water partition coefficient (Wildman–Crippen LogP) is 8.02. The standard InChI is InChI=1S/C28H32F6N2/c1-3-17-36(18-15-21-8-5-4-6-9-21)20(2)14-16-26(19-35,22-12-13-22)25-23(27(29,30)31)10-7-11-24(25)28(32,33)34/h4-11,20,22H,3,12-18H2,1-2H3. The first kappa shape index (κ1) is 28.0. The number of nitriles is 1. The van der Waals surface area contributed by atoms with Crippen LogP contribution in [0.25, 0.3) is 0 Å². The molecule has 0 heterocycles. The Bertz CT molecular complexity index is 1000. The van der Waals surface area contributed by atoms with Gasteiger partial charge in [0.2, 0.25) is 0 Å². The Labute approximate surface area is 208 Å². The van der Waals surface area contributed by atoms with E-state index in [-0.39, 0.29) is 12.5 Å². The van der Waals surface area contributed by atoms with Crippen LogP contribution in [0.15, 0.2) is 48.5 Å². The van der Waals surface area contributed by atoms with Gasteiger partial charge in [0.05, 0.1) is 22.6 Å². The van der Waals surface area contributed by atoms with Crippen molar-refractivity contribution in [2.24, 2.45) is 5.92 Å². The zero-order chi connectivity index (χ0) is 26.6. The molecule has 1 aliphatic rings. The van der Waals surface area contributed by atoms with Crippen molar-refractivity contribution in [3.05, 3.63) is 70.8 Å². The molecule has 8 heteroatoms. The molecule has 3 rings (SSSR count). The number of rotatable bonds is 11. The maximum atomic E-state index is 14.0. The second-order valence-corrected chi connectivity index (χ2v) is 9.74. The van der Waals surface area contributed by atoms with Gasteiger partial charge in [0.1, 0.15) is 0 Å². The molecule has 1 fully saturated rings. The summed E-state index contributed by atoms with van der Waals surface area (Å²) in [6.07, 6.45) is -7.20. The predicted molar refractivity (Wildman–Crippen MR) is 127 cm³/mol. The lowest BCUT2D eigenvalue weighted by Gasteiger charge is -2.35. The number of halogens is 6. The van der Waals surface area contributed by atoms with Crippen molar-refractivity contribution in [1.29, 1.82) is 5.26 Å². The molecule has 2 unspecified atom stereocenters. The van der Waals surface area contributed by atoms with Crippen molar-refractivity contribution in [2.75, 3.05) is 13.1 Å². The summed E-state index contributed by atoms with van der Waals surface area (Å²) >= 11 is 0. The molecule has 2 atom stereocenters. The molecule has 2 aromatic carbocycles. The molecule has 0 N–H and O–H groups in total. The van der Waals surface area contributed by atoms with Gasteiger partial charge >= 0.3 is 12.4 Å². The van der Waals surface area contributed by atoms with E-state index in [1.54, 1.807) is 0 Å². The van der Waals surface area contributed by atoms with Gasteiger partial charge in [0.15, 0.2) is 0 Å². The smallest absolute Gasteiger partial charge is 0.300 e. The van der Waals surface area contributed by atoms with Crippen LogP contribution < -0.4 is 0 Å². The molecular weight excluding hydrogens is 478 g/mol. The molecule has 0 aliphatic heterocycles. The third-order valence-electron chi connectivity index (χ3n) is 7.22. The van der Waals surface area contributed by atoms with Crippen LogP contribution in [0.2, 0.25) is 0 Å². The van der Waals surface area contributed by atoms with E-state index in [2.05, 4.69) is 4.90 Å². The van der Waals surface area contributed by atoms with Crippen LogP contribution in [-0.2, 0) is 24.2 Å². The van der Waals surface area contributed by atoms with E-state index in [4.69, 9.17) is 0 Å². The summed E-state index contributed by atoms with van der Waals surface area (Å²) in [5, 5.41) is 10.2. The summed E-state index contributed by atoms with van der Waals surface area (Å²) in [6, 6.07) is 13.9. The number of nitrogens with zero attached hydrogens (tertiary/aromatic N) is 2. The van der Waals surface area contributed by atoms with Gasteiger partial charge in [0.25, 0.3) is 0 Å². The van der Waals surface area contributed by atoms with Gasteiger partial charge in [-0.25, -0.2) is 0 Å². The Kier molecular flexibility index (Phi) is 8.76. The molecule has 1 aliphatic carbocycles. The van der Waals surface area contributed by atoms with E-state index in [1.807, 2.05) is 50.2 Å². The van der Waals surface area contributed by atoms with Crippen molar-refractivity contribution in [3.63, 3.8) is 0 Å². The molecule has 2 aromatic rings. The third-order valence-corrected chi connectivity index (χ3v) is 7.22. The second-order valence-electron chi connectivity index (χ2n) is 9.74.